The van der Waals surface area contributed by atoms with E-state index in [2.05, 4.69) is 5.32 Å². The van der Waals surface area contributed by atoms with Gasteiger partial charge < -0.3 is 19.9 Å². The number of nitrogens with one attached hydrogen (secondary N) is 1. The topological polar surface area (TPSA) is 50.7 Å². The van der Waals surface area contributed by atoms with Crippen LogP contribution in [0.25, 0.3) is 0 Å². The minimum Gasteiger partial charge on any atom is -0.508 e. The fourth-order valence-electron chi connectivity index (χ4n) is 2.08. The summed E-state index contributed by atoms with van der Waals surface area (Å²) in [6.45, 7) is 3.25. The Morgan fingerprint density at radius 2 is 1.86 bits per heavy atom. The van der Waals surface area contributed by atoms with Crippen LogP contribution in [0.5, 0.6) is 17.2 Å². The molecule has 0 aliphatic carbocycles. The maximum Gasteiger partial charge on any atom is 0.120 e. The Kier molecular flexibility index (Phi) is 5.46. The molecule has 21 heavy (non-hydrogen) atoms. The van der Waals surface area contributed by atoms with E-state index < -0.39 is 0 Å². The number of ether oxygens (including phenoxy) is 2. The molecule has 0 radical (unpaired) electrons. The summed E-state index contributed by atoms with van der Waals surface area (Å²) in [5.41, 5.74) is 0.814. The van der Waals surface area contributed by atoms with Crippen molar-refractivity contribution in [3.05, 3.63) is 54.1 Å². The quantitative estimate of drug-likeness (QED) is 0.768. The van der Waals surface area contributed by atoms with Crippen molar-refractivity contribution in [2.24, 2.45) is 0 Å². The van der Waals surface area contributed by atoms with E-state index in [1.54, 1.807) is 19.2 Å². The van der Waals surface area contributed by atoms with Gasteiger partial charge in [-0.1, -0.05) is 18.2 Å². The van der Waals surface area contributed by atoms with Crippen LogP contribution in [-0.2, 0) is 0 Å². The molecule has 1 unspecified atom stereocenters. The number of phenolic OH excluding ortho intramolecular Hbond substituents is 1. The fraction of sp³-hybridized carbons (Fsp3) is 0.294. The van der Waals surface area contributed by atoms with Crippen molar-refractivity contribution >= 4 is 0 Å². The van der Waals surface area contributed by atoms with Gasteiger partial charge in [-0.05, 0) is 37.3 Å². The number of phenols is 1. The molecule has 0 bridgehead atoms. The van der Waals surface area contributed by atoms with Crippen molar-refractivity contribution in [1.82, 2.24) is 5.32 Å². The molecule has 0 saturated heterocycles. The number of para-hydroxylation sites is 1. The van der Waals surface area contributed by atoms with Gasteiger partial charge in [0, 0.05) is 18.2 Å². The van der Waals surface area contributed by atoms with Gasteiger partial charge in [-0.2, -0.15) is 0 Å². The Bertz CT molecular complexity index is 557. The highest BCUT2D eigenvalue weighted by atomic mass is 16.5. The standard InChI is InChI=1S/C17H21NO3/c1-13(16-12-15(20-2)8-9-17(16)19)18-10-11-21-14-6-4-3-5-7-14/h3-9,12-13,18-19H,10-11H2,1-2H3. The molecule has 2 rings (SSSR count). The van der Waals surface area contributed by atoms with Crippen molar-refractivity contribution in [2.45, 2.75) is 13.0 Å². The second-order valence-corrected chi connectivity index (χ2v) is 4.76. The van der Waals surface area contributed by atoms with Gasteiger partial charge in [0.2, 0.25) is 0 Å². The van der Waals surface area contributed by atoms with Gasteiger partial charge in [-0.15, -0.1) is 0 Å². The molecule has 2 aromatic carbocycles. The van der Waals surface area contributed by atoms with Crippen LogP contribution in [0, 0.1) is 0 Å². The summed E-state index contributed by atoms with van der Waals surface area (Å²) < 4.78 is 10.8. The molecule has 0 amide bonds. The van der Waals surface area contributed by atoms with Crippen molar-refractivity contribution in [1.29, 1.82) is 0 Å². The van der Waals surface area contributed by atoms with Crippen LogP contribution >= 0.6 is 0 Å². The predicted octanol–water partition coefficient (Wildman–Crippen LogP) is 3.13. The normalized spacial score (nSPS) is 11.9. The highest BCUT2D eigenvalue weighted by Gasteiger charge is 2.11. The third-order valence-corrected chi connectivity index (χ3v) is 3.27. The molecular formula is C17H21NO3. The van der Waals surface area contributed by atoms with Crippen molar-refractivity contribution < 1.29 is 14.6 Å². The van der Waals surface area contributed by atoms with Crippen LogP contribution in [0.15, 0.2) is 48.5 Å². The summed E-state index contributed by atoms with van der Waals surface area (Å²) in [6, 6.07) is 14.9. The van der Waals surface area contributed by atoms with Crippen LogP contribution in [0.3, 0.4) is 0 Å². The highest BCUT2D eigenvalue weighted by molar-refractivity contribution is 5.41. The molecule has 0 aliphatic rings. The van der Waals surface area contributed by atoms with E-state index in [4.69, 9.17) is 9.47 Å². The van der Waals surface area contributed by atoms with E-state index in [-0.39, 0.29) is 11.8 Å². The van der Waals surface area contributed by atoms with Crippen molar-refractivity contribution in [3.63, 3.8) is 0 Å². The minimum atomic E-state index is 0.0134. The summed E-state index contributed by atoms with van der Waals surface area (Å²) in [5.74, 6) is 1.85. The zero-order chi connectivity index (χ0) is 15.1. The molecule has 0 spiro atoms. The minimum absolute atomic E-state index is 0.0134. The number of rotatable bonds is 7. The molecule has 0 fully saturated rings. The molecule has 0 heterocycles. The zero-order valence-electron chi connectivity index (χ0n) is 12.4. The lowest BCUT2D eigenvalue weighted by Crippen LogP contribution is -2.24. The van der Waals surface area contributed by atoms with Crippen molar-refractivity contribution in [3.8, 4) is 17.2 Å². The largest absolute Gasteiger partial charge is 0.508 e. The monoisotopic (exact) mass is 287 g/mol. The SMILES string of the molecule is COc1ccc(O)c(C(C)NCCOc2ccccc2)c1. The molecule has 2 aromatic rings. The van der Waals surface area contributed by atoms with E-state index >= 15 is 0 Å². The zero-order valence-corrected chi connectivity index (χ0v) is 12.4. The van der Waals surface area contributed by atoms with E-state index in [0.29, 0.717) is 13.2 Å². The van der Waals surface area contributed by atoms with Gasteiger partial charge in [0.05, 0.1) is 7.11 Å². The molecule has 112 valence electrons. The molecule has 0 aliphatic heterocycles. The Hall–Kier alpha value is -2.20. The maximum absolute atomic E-state index is 9.91. The highest BCUT2D eigenvalue weighted by Crippen LogP contribution is 2.28. The van der Waals surface area contributed by atoms with Crippen LogP contribution in [0.4, 0.5) is 0 Å². The molecule has 0 aromatic heterocycles. The van der Waals surface area contributed by atoms with Gasteiger partial charge >= 0.3 is 0 Å². The summed E-state index contributed by atoms with van der Waals surface area (Å²) in [4.78, 5) is 0. The van der Waals surface area contributed by atoms with Crippen LogP contribution in [0.2, 0.25) is 0 Å². The number of benzene rings is 2. The van der Waals surface area contributed by atoms with Gasteiger partial charge in [0.1, 0.15) is 23.9 Å². The number of hydrogen-bond donors (Lipinski definition) is 2. The van der Waals surface area contributed by atoms with Gasteiger partial charge in [0.15, 0.2) is 0 Å². The molecular weight excluding hydrogens is 266 g/mol. The third-order valence-electron chi connectivity index (χ3n) is 3.27. The Morgan fingerprint density at radius 3 is 2.57 bits per heavy atom. The third kappa shape index (κ3) is 4.39. The Labute approximate surface area is 125 Å². The summed E-state index contributed by atoms with van der Waals surface area (Å²) >= 11 is 0. The van der Waals surface area contributed by atoms with E-state index in [1.807, 2.05) is 43.3 Å². The van der Waals surface area contributed by atoms with Gasteiger partial charge in [0.25, 0.3) is 0 Å². The number of aromatic hydroxyl groups is 1. The van der Waals surface area contributed by atoms with E-state index in [0.717, 1.165) is 17.1 Å². The lowest BCUT2D eigenvalue weighted by molar-refractivity contribution is 0.306. The first kappa shape index (κ1) is 15.2. The number of methoxy groups -OCH3 is 1. The first-order valence-electron chi connectivity index (χ1n) is 6.99. The Morgan fingerprint density at radius 1 is 1.10 bits per heavy atom. The predicted molar refractivity (Wildman–Crippen MR) is 83.0 cm³/mol. The van der Waals surface area contributed by atoms with Gasteiger partial charge in [-0.3, -0.25) is 0 Å². The molecule has 4 nitrogen and oxygen atoms in total. The first-order valence-corrected chi connectivity index (χ1v) is 6.99. The summed E-state index contributed by atoms with van der Waals surface area (Å²) in [5, 5.41) is 13.2. The first-order chi connectivity index (χ1) is 10.2. The smallest absolute Gasteiger partial charge is 0.120 e. The number of hydrogen-bond acceptors (Lipinski definition) is 4. The summed E-state index contributed by atoms with van der Waals surface area (Å²) in [7, 11) is 1.61. The van der Waals surface area contributed by atoms with E-state index in [1.165, 1.54) is 0 Å². The van der Waals surface area contributed by atoms with Crippen molar-refractivity contribution in [2.75, 3.05) is 20.3 Å². The fourth-order valence-corrected chi connectivity index (χ4v) is 2.08. The lowest BCUT2D eigenvalue weighted by atomic mass is 10.1. The molecule has 1 atom stereocenters. The average molecular weight is 287 g/mol. The average Bonchev–Trinajstić information content (AvgIpc) is 2.53. The molecule has 4 heteroatoms. The molecule has 0 saturated carbocycles. The lowest BCUT2D eigenvalue weighted by Gasteiger charge is -2.16. The van der Waals surface area contributed by atoms with Gasteiger partial charge in [-0.25, -0.2) is 0 Å². The van der Waals surface area contributed by atoms with Crippen LogP contribution in [-0.4, -0.2) is 25.4 Å². The second-order valence-electron chi connectivity index (χ2n) is 4.76. The van der Waals surface area contributed by atoms with E-state index in [9.17, 15) is 5.11 Å². The van der Waals surface area contributed by atoms with Crippen LogP contribution in [0.1, 0.15) is 18.5 Å². The van der Waals surface area contributed by atoms with Crippen LogP contribution < -0.4 is 14.8 Å². The Balaban J connectivity index is 1.83. The summed E-state index contributed by atoms with van der Waals surface area (Å²) in [6.07, 6.45) is 0. The molecule has 2 N–H and O–H groups in total. The second kappa shape index (κ2) is 7.55. The maximum atomic E-state index is 9.91.